The third-order valence-electron chi connectivity index (χ3n) is 8.28. The Morgan fingerprint density at radius 1 is 1.02 bits per heavy atom. The second kappa shape index (κ2) is 17.5. The van der Waals surface area contributed by atoms with Crippen LogP contribution in [0.15, 0.2) is 0 Å². The van der Waals surface area contributed by atoms with Crippen molar-refractivity contribution in [1.29, 1.82) is 0 Å². The SMILES string of the molecule is CC(=O)NC1C(O)[C@@H](O)C(CO)O[C@H]1OCCCCC(=O)NCCCCCC(=O)N1C[C@H](C(C)C)C[C@H]1CC(C)(C)C. The van der Waals surface area contributed by atoms with Crippen LogP contribution in [0.1, 0.15) is 99.3 Å². The molecule has 0 spiro atoms. The zero-order valence-electron chi connectivity index (χ0n) is 26.6. The topological polar surface area (TPSA) is 158 Å². The van der Waals surface area contributed by atoms with Crippen LogP contribution in [0.5, 0.6) is 0 Å². The van der Waals surface area contributed by atoms with E-state index in [0.29, 0.717) is 50.1 Å². The van der Waals surface area contributed by atoms with E-state index in [4.69, 9.17) is 9.47 Å². The van der Waals surface area contributed by atoms with Gasteiger partial charge in [-0.05, 0) is 55.8 Å². The number of ether oxygens (including phenoxy) is 2. The number of aliphatic hydroxyl groups is 3. The zero-order valence-corrected chi connectivity index (χ0v) is 26.6. The molecule has 11 nitrogen and oxygen atoms in total. The van der Waals surface area contributed by atoms with Crippen molar-refractivity contribution in [2.75, 3.05) is 26.3 Å². The van der Waals surface area contributed by atoms with Gasteiger partial charge in [0.1, 0.15) is 24.4 Å². The number of nitrogens with zero attached hydrogens (tertiary/aromatic N) is 1. The van der Waals surface area contributed by atoms with Crippen molar-refractivity contribution < 1.29 is 39.2 Å². The largest absolute Gasteiger partial charge is 0.394 e. The molecule has 0 aliphatic carbocycles. The molecular formula is C31H57N3O8. The minimum absolute atomic E-state index is 0.0446. The van der Waals surface area contributed by atoms with Crippen LogP contribution in [0.4, 0.5) is 0 Å². The predicted octanol–water partition coefficient (Wildman–Crippen LogP) is 2.10. The van der Waals surface area contributed by atoms with Gasteiger partial charge in [-0.25, -0.2) is 0 Å². The minimum atomic E-state index is -1.36. The van der Waals surface area contributed by atoms with Crippen LogP contribution in [-0.2, 0) is 23.9 Å². The Morgan fingerprint density at radius 3 is 2.33 bits per heavy atom. The van der Waals surface area contributed by atoms with Crippen LogP contribution < -0.4 is 10.6 Å². The first-order valence-corrected chi connectivity index (χ1v) is 15.8. The van der Waals surface area contributed by atoms with Crippen molar-refractivity contribution in [3.8, 4) is 0 Å². The van der Waals surface area contributed by atoms with Crippen molar-refractivity contribution in [3.63, 3.8) is 0 Å². The maximum atomic E-state index is 13.0. The fourth-order valence-corrected chi connectivity index (χ4v) is 5.88. The lowest BCUT2D eigenvalue weighted by atomic mass is 9.84. The molecule has 0 radical (unpaired) electrons. The van der Waals surface area contributed by atoms with Crippen molar-refractivity contribution in [1.82, 2.24) is 15.5 Å². The fraction of sp³-hybridized carbons (Fsp3) is 0.903. The first-order chi connectivity index (χ1) is 19.7. The molecule has 42 heavy (non-hydrogen) atoms. The van der Waals surface area contributed by atoms with Gasteiger partial charge in [0.25, 0.3) is 0 Å². The molecular weight excluding hydrogens is 542 g/mol. The highest BCUT2D eigenvalue weighted by Gasteiger charge is 2.45. The maximum Gasteiger partial charge on any atom is 0.222 e. The number of unbranched alkanes of at least 4 members (excludes halogenated alkanes) is 3. The number of rotatable bonds is 16. The molecule has 2 aliphatic heterocycles. The average molecular weight is 600 g/mol. The summed E-state index contributed by atoms with van der Waals surface area (Å²) in [5.41, 5.74) is 0.193. The molecule has 0 bridgehead atoms. The molecule has 0 saturated carbocycles. The van der Waals surface area contributed by atoms with Crippen LogP contribution in [0.3, 0.4) is 0 Å². The number of nitrogens with one attached hydrogen (secondary N) is 2. The van der Waals surface area contributed by atoms with E-state index in [1.807, 2.05) is 0 Å². The number of carbonyl (C=O) groups excluding carboxylic acids is 3. The number of amides is 3. The average Bonchev–Trinajstić information content (AvgIpc) is 3.32. The Morgan fingerprint density at radius 2 is 1.71 bits per heavy atom. The van der Waals surface area contributed by atoms with E-state index in [-0.39, 0.29) is 23.8 Å². The predicted molar refractivity (Wildman–Crippen MR) is 159 cm³/mol. The van der Waals surface area contributed by atoms with E-state index in [0.717, 1.165) is 38.6 Å². The van der Waals surface area contributed by atoms with Gasteiger partial charge in [0, 0.05) is 45.5 Å². The molecule has 3 unspecified atom stereocenters. The Bertz CT molecular complexity index is 849. The highest BCUT2D eigenvalue weighted by Crippen LogP contribution is 2.36. The molecule has 2 saturated heterocycles. The number of carbonyl (C=O) groups is 3. The van der Waals surface area contributed by atoms with E-state index >= 15 is 0 Å². The lowest BCUT2D eigenvalue weighted by Gasteiger charge is -2.42. The molecule has 7 atom stereocenters. The number of likely N-dealkylation sites (tertiary alicyclic amines) is 1. The summed E-state index contributed by atoms with van der Waals surface area (Å²) in [6.45, 7) is 13.7. The number of hydrogen-bond donors (Lipinski definition) is 5. The summed E-state index contributed by atoms with van der Waals surface area (Å²) in [4.78, 5) is 38.9. The van der Waals surface area contributed by atoms with Gasteiger partial charge in [-0.2, -0.15) is 0 Å². The highest BCUT2D eigenvalue weighted by molar-refractivity contribution is 5.77. The zero-order chi connectivity index (χ0) is 31.4. The van der Waals surface area contributed by atoms with Gasteiger partial charge in [0.15, 0.2) is 6.29 Å². The van der Waals surface area contributed by atoms with E-state index in [9.17, 15) is 29.7 Å². The van der Waals surface area contributed by atoms with E-state index in [2.05, 4.69) is 50.2 Å². The molecule has 0 aromatic rings. The second-order valence-electron chi connectivity index (χ2n) is 13.6. The Kier molecular flexibility index (Phi) is 15.2. The normalized spacial score (nSPS) is 28.2. The first-order valence-electron chi connectivity index (χ1n) is 15.8. The molecule has 2 rings (SSSR count). The van der Waals surface area contributed by atoms with Crippen LogP contribution in [-0.4, -0.2) is 101 Å². The monoisotopic (exact) mass is 599 g/mol. The Labute approximate surface area is 252 Å². The van der Waals surface area contributed by atoms with Crippen molar-refractivity contribution in [2.45, 2.75) is 136 Å². The number of hydrogen-bond acceptors (Lipinski definition) is 8. The van der Waals surface area contributed by atoms with Gasteiger partial charge in [0.05, 0.1) is 6.61 Å². The molecule has 2 fully saturated rings. The quantitative estimate of drug-likeness (QED) is 0.169. The summed E-state index contributed by atoms with van der Waals surface area (Å²) in [7, 11) is 0. The third kappa shape index (κ3) is 12.1. The molecule has 2 aliphatic rings. The summed E-state index contributed by atoms with van der Waals surface area (Å²) in [6, 6.07) is -0.642. The summed E-state index contributed by atoms with van der Waals surface area (Å²) in [5, 5.41) is 35.2. The Hall–Kier alpha value is -1.79. The first kappa shape index (κ1) is 36.4. The molecule has 3 amide bonds. The lowest BCUT2D eigenvalue weighted by Crippen LogP contribution is -2.64. The maximum absolute atomic E-state index is 13.0. The smallest absolute Gasteiger partial charge is 0.222 e. The highest BCUT2D eigenvalue weighted by atomic mass is 16.7. The summed E-state index contributed by atoms with van der Waals surface area (Å²) < 4.78 is 11.2. The molecule has 5 N–H and O–H groups in total. The molecule has 11 heteroatoms. The summed E-state index contributed by atoms with van der Waals surface area (Å²) >= 11 is 0. The van der Waals surface area contributed by atoms with Gasteiger partial charge < -0.3 is 40.3 Å². The van der Waals surface area contributed by atoms with Gasteiger partial charge in [0.2, 0.25) is 17.7 Å². The standard InChI is InChI=1S/C31H57N3O8/c1-20(2)22-16-23(17-31(4,5)6)34(18-22)26(38)13-8-7-10-14-32-25(37)12-9-11-15-41-30-27(33-21(3)36)29(40)28(39)24(19-35)42-30/h20,22-24,27-30,35,39-40H,7-19H2,1-6H3,(H,32,37)(H,33,36)/t22-,23+,24?,27?,28+,29?,30-/m1/s1. The summed E-state index contributed by atoms with van der Waals surface area (Å²) in [5.74, 6) is 0.962. The van der Waals surface area contributed by atoms with Gasteiger partial charge in [-0.15, -0.1) is 0 Å². The molecule has 2 heterocycles. The van der Waals surface area contributed by atoms with E-state index in [1.165, 1.54) is 6.92 Å². The second-order valence-corrected chi connectivity index (χ2v) is 13.6. The minimum Gasteiger partial charge on any atom is -0.394 e. The van der Waals surface area contributed by atoms with Gasteiger partial charge in [-0.1, -0.05) is 41.0 Å². The van der Waals surface area contributed by atoms with Crippen LogP contribution >= 0.6 is 0 Å². The van der Waals surface area contributed by atoms with E-state index < -0.39 is 43.2 Å². The van der Waals surface area contributed by atoms with Gasteiger partial charge >= 0.3 is 0 Å². The van der Waals surface area contributed by atoms with Crippen LogP contribution in [0.25, 0.3) is 0 Å². The number of aliphatic hydroxyl groups excluding tert-OH is 3. The molecule has 0 aromatic heterocycles. The third-order valence-corrected chi connectivity index (χ3v) is 8.28. The lowest BCUT2D eigenvalue weighted by molar-refractivity contribution is -0.270. The molecule has 0 aromatic carbocycles. The van der Waals surface area contributed by atoms with Crippen LogP contribution in [0.2, 0.25) is 0 Å². The van der Waals surface area contributed by atoms with Gasteiger partial charge in [-0.3, -0.25) is 14.4 Å². The van der Waals surface area contributed by atoms with Crippen molar-refractivity contribution >= 4 is 17.7 Å². The fourth-order valence-electron chi connectivity index (χ4n) is 5.88. The van der Waals surface area contributed by atoms with E-state index in [1.54, 1.807) is 0 Å². The Balaban J connectivity index is 1.60. The van der Waals surface area contributed by atoms with Crippen molar-refractivity contribution in [3.05, 3.63) is 0 Å². The summed E-state index contributed by atoms with van der Waals surface area (Å²) in [6.07, 6.45) is 1.92. The van der Waals surface area contributed by atoms with Crippen LogP contribution in [0, 0.1) is 17.3 Å². The van der Waals surface area contributed by atoms with Crippen molar-refractivity contribution in [2.24, 2.45) is 17.3 Å². The molecule has 244 valence electrons.